The zero-order valence-electron chi connectivity index (χ0n) is 11.9. The molecule has 0 unspecified atom stereocenters. The van der Waals surface area contributed by atoms with Gasteiger partial charge in [-0.2, -0.15) is 0 Å². The van der Waals surface area contributed by atoms with Gasteiger partial charge in [0.1, 0.15) is 0 Å². The lowest BCUT2D eigenvalue weighted by molar-refractivity contribution is 0.813. The summed E-state index contributed by atoms with van der Waals surface area (Å²) in [5, 5.41) is 8.55. The van der Waals surface area contributed by atoms with Crippen molar-refractivity contribution in [3.8, 4) is 0 Å². The fourth-order valence-corrected chi connectivity index (χ4v) is 4.06. The van der Waals surface area contributed by atoms with Crippen molar-refractivity contribution in [2.45, 2.75) is 19.3 Å². The Balaban J connectivity index is 2.11. The zero-order chi connectivity index (χ0) is 13.8. The van der Waals surface area contributed by atoms with Gasteiger partial charge >= 0.3 is 0 Å². The number of aryl methyl sites for hydroxylation is 2. The Hall–Kier alpha value is -2.34. The summed E-state index contributed by atoms with van der Waals surface area (Å²) in [6, 6.07) is 22.5. The number of benzene rings is 4. The van der Waals surface area contributed by atoms with Gasteiger partial charge in [-0.25, -0.2) is 0 Å². The van der Waals surface area contributed by atoms with Gasteiger partial charge in [-0.15, -0.1) is 0 Å². The van der Waals surface area contributed by atoms with Crippen LogP contribution in [-0.2, 0) is 12.8 Å². The van der Waals surface area contributed by atoms with Crippen molar-refractivity contribution in [1.82, 2.24) is 0 Å². The van der Waals surface area contributed by atoms with Crippen LogP contribution in [0.25, 0.3) is 32.3 Å². The fraction of sp³-hybridized carbons (Fsp3) is 0.143. The summed E-state index contributed by atoms with van der Waals surface area (Å²) in [6.45, 7) is 0. The highest BCUT2D eigenvalue weighted by Crippen LogP contribution is 2.38. The van der Waals surface area contributed by atoms with E-state index >= 15 is 0 Å². The van der Waals surface area contributed by atoms with Gasteiger partial charge in [-0.3, -0.25) is 0 Å². The van der Waals surface area contributed by atoms with Gasteiger partial charge in [0, 0.05) is 0 Å². The second-order valence-electron chi connectivity index (χ2n) is 6.11. The van der Waals surface area contributed by atoms with Crippen molar-refractivity contribution in [3.05, 3.63) is 71.8 Å². The minimum Gasteiger partial charge on any atom is -0.0616 e. The second kappa shape index (κ2) is 4.08. The molecule has 0 aromatic heterocycles. The third-order valence-corrected chi connectivity index (χ3v) is 4.93. The first-order chi connectivity index (χ1) is 10.4. The Morgan fingerprint density at radius 3 is 2.43 bits per heavy atom. The lowest BCUT2D eigenvalue weighted by Gasteiger charge is -2.20. The van der Waals surface area contributed by atoms with Crippen LogP contribution in [0.5, 0.6) is 0 Å². The third kappa shape index (κ3) is 1.50. The molecule has 0 saturated heterocycles. The first kappa shape index (κ1) is 11.3. The number of rotatable bonds is 0. The van der Waals surface area contributed by atoms with E-state index in [1.54, 1.807) is 5.56 Å². The SMILES string of the molecule is c1cc2c3c(c4c(ccc5ccccc54)cc3c1)CCC2. The first-order valence-electron chi connectivity index (χ1n) is 7.77. The van der Waals surface area contributed by atoms with Crippen molar-refractivity contribution < 1.29 is 0 Å². The average Bonchev–Trinajstić information content (AvgIpc) is 2.55. The molecule has 0 heteroatoms. The number of hydrogen-bond donors (Lipinski definition) is 0. The van der Waals surface area contributed by atoms with E-state index in [0.717, 1.165) is 0 Å². The molecule has 4 aromatic carbocycles. The Labute approximate surface area is 124 Å². The van der Waals surface area contributed by atoms with Crippen LogP contribution in [0.1, 0.15) is 17.5 Å². The Bertz CT molecular complexity index is 1010. The van der Waals surface area contributed by atoms with Crippen LogP contribution >= 0.6 is 0 Å². The number of fused-ring (bicyclic) bond motifs is 4. The zero-order valence-corrected chi connectivity index (χ0v) is 11.9. The average molecular weight is 268 g/mol. The molecular weight excluding hydrogens is 252 g/mol. The summed E-state index contributed by atoms with van der Waals surface area (Å²) in [5.41, 5.74) is 3.10. The summed E-state index contributed by atoms with van der Waals surface area (Å²) in [5.74, 6) is 0. The molecule has 0 radical (unpaired) electrons. The molecule has 0 fully saturated rings. The molecule has 0 bridgehead atoms. The quantitative estimate of drug-likeness (QED) is 0.286. The lowest BCUT2D eigenvalue weighted by atomic mass is 9.84. The van der Waals surface area contributed by atoms with Crippen molar-refractivity contribution in [2.75, 3.05) is 0 Å². The highest BCUT2D eigenvalue weighted by atomic mass is 14.2. The molecule has 4 aromatic rings. The fourth-order valence-electron chi connectivity index (χ4n) is 4.06. The van der Waals surface area contributed by atoms with Gasteiger partial charge in [-0.1, -0.05) is 54.6 Å². The first-order valence-corrected chi connectivity index (χ1v) is 7.77. The van der Waals surface area contributed by atoms with Crippen molar-refractivity contribution in [3.63, 3.8) is 0 Å². The Kier molecular flexibility index (Phi) is 2.20. The monoisotopic (exact) mass is 268 g/mol. The van der Waals surface area contributed by atoms with Gasteiger partial charge in [0.15, 0.2) is 0 Å². The maximum atomic E-state index is 2.37. The summed E-state index contributed by atoms with van der Waals surface area (Å²) in [6.07, 6.45) is 3.70. The standard InChI is InChI=1S/C21H16/c1-2-9-18-14(5-1)11-12-17-13-16-8-3-6-15-7-4-10-19(20(15)16)21(17)18/h1-3,5-6,8-9,11-13H,4,7,10H2. The van der Waals surface area contributed by atoms with Crippen LogP contribution in [0.4, 0.5) is 0 Å². The molecule has 5 rings (SSSR count). The third-order valence-electron chi connectivity index (χ3n) is 4.93. The van der Waals surface area contributed by atoms with E-state index in [1.165, 1.54) is 57.1 Å². The molecule has 0 heterocycles. The summed E-state index contributed by atoms with van der Waals surface area (Å²) < 4.78 is 0. The van der Waals surface area contributed by atoms with Gasteiger partial charge in [0.25, 0.3) is 0 Å². The van der Waals surface area contributed by atoms with E-state index in [1.807, 2.05) is 0 Å². The van der Waals surface area contributed by atoms with E-state index in [-0.39, 0.29) is 0 Å². The van der Waals surface area contributed by atoms with Crippen molar-refractivity contribution >= 4 is 32.3 Å². The van der Waals surface area contributed by atoms with Gasteiger partial charge in [0.2, 0.25) is 0 Å². The minimum atomic E-state index is 1.21. The minimum absolute atomic E-state index is 1.21. The molecule has 1 aliphatic rings. The Morgan fingerprint density at radius 2 is 1.43 bits per heavy atom. The normalized spacial score (nSPS) is 14.1. The van der Waals surface area contributed by atoms with E-state index in [2.05, 4.69) is 60.7 Å². The van der Waals surface area contributed by atoms with Gasteiger partial charge in [-0.05, 0) is 68.8 Å². The molecule has 0 atom stereocenters. The summed E-state index contributed by atoms with van der Waals surface area (Å²) >= 11 is 0. The molecule has 0 N–H and O–H groups in total. The van der Waals surface area contributed by atoms with Gasteiger partial charge in [0.05, 0.1) is 0 Å². The molecule has 0 aliphatic heterocycles. The van der Waals surface area contributed by atoms with E-state index < -0.39 is 0 Å². The van der Waals surface area contributed by atoms with Gasteiger partial charge < -0.3 is 0 Å². The van der Waals surface area contributed by atoms with Crippen LogP contribution in [0, 0.1) is 0 Å². The molecule has 0 nitrogen and oxygen atoms in total. The summed E-state index contributed by atoms with van der Waals surface area (Å²) in [4.78, 5) is 0. The molecule has 100 valence electrons. The van der Waals surface area contributed by atoms with E-state index in [9.17, 15) is 0 Å². The predicted molar refractivity (Wildman–Crippen MR) is 91.0 cm³/mol. The molecule has 0 saturated carbocycles. The highest BCUT2D eigenvalue weighted by Gasteiger charge is 2.16. The second-order valence-corrected chi connectivity index (χ2v) is 6.11. The molecule has 21 heavy (non-hydrogen) atoms. The largest absolute Gasteiger partial charge is 0.0616 e. The molecule has 0 amide bonds. The van der Waals surface area contributed by atoms with E-state index in [0.29, 0.717) is 0 Å². The van der Waals surface area contributed by atoms with Crippen molar-refractivity contribution in [2.24, 2.45) is 0 Å². The maximum absolute atomic E-state index is 2.37. The van der Waals surface area contributed by atoms with Crippen LogP contribution < -0.4 is 0 Å². The molecular formula is C21H16. The van der Waals surface area contributed by atoms with Crippen LogP contribution in [0.15, 0.2) is 60.7 Å². The van der Waals surface area contributed by atoms with Crippen LogP contribution in [-0.4, -0.2) is 0 Å². The highest BCUT2D eigenvalue weighted by molar-refractivity contribution is 6.15. The Morgan fingerprint density at radius 1 is 0.619 bits per heavy atom. The molecule has 1 aliphatic carbocycles. The van der Waals surface area contributed by atoms with Crippen molar-refractivity contribution in [1.29, 1.82) is 0 Å². The van der Waals surface area contributed by atoms with Crippen LogP contribution in [0.3, 0.4) is 0 Å². The molecule has 0 spiro atoms. The predicted octanol–water partition coefficient (Wildman–Crippen LogP) is 5.63. The lowest BCUT2D eigenvalue weighted by Crippen LogP contribution is -2.02. The maximum Gasteiger partial charge on any atom is -0.00668 e. The van der Waals surface area contributed by atoms with Crippen LogP contribution in [0.2, 0.25) is 0 Å². The smallest absolute Gasteiger partial charge is 0.00668 e. The number of hydrogen-bond acceptors (Lipinski definition) is 0. The summed E-state index contributed by atoms with van der Waals surface area (Å²) in [7, 11) is 0. The van der Waals surface area contributed by atoms with E-state index in [4.69, 9.17) is 0 Å². The topological polar surface area (TPSA) is 0 Å².